The first-order valence-electron chi connectivity index (χ1n) is 9.43. The van der Waals surface area contributed by atoms with Gasteiger partial charge in [-0.15, -0.1) is 0 Å². The van der Waals surface area contributed by atoms with Crippen molar-refractivity contribution in [3.8, 4) is 6.07 Å². The van der Waals surface area contributed by atoms with Gasteiger partial charge in [-0.2, -0.15) is 5.26 Å². The maximum atomic E-state index is 9.14. The summed E-state index contributed by atoms with van der Waals surface area (Å²) in [5.41, 5.74) is 2.85. The molecule has 24 heavy (non-hydrogen) atoms. The molecule has 3 rings (SSSR count). The van der Waals surface area contributed by atoms with Crippen molar-refractivity contribution in [2.75, 3.05) is 19.6 Å². The Hall–Kier alpha value is -1.86. The molecule has 0 unspecified atom stereocenters. The van der Waals surface area contributed by atoms with Crippen LogP contribution in [0, 0.1) is 11.3 Å². The third kappa shape index (κ3) is 3.96. The number of unbranched alkanes of at least 4 members (excludes halogenated alkanes) is 1. The van der Waals surface area contributed by atoms with Crippen LogP contribution in [0.15, 0.2) is 18.2 Å². The third-order valence-electron chi connectivity index (χ3n) is 4.98. The van der Waals surface area contributed by atoms with Crippen molar-refractivity contribution >= 4 is 11.0 Å². The molecule has 0 aliphatic carbocycles. The first-order chi connectivity index (χ1) is 11.8. The SMILES string of the molecule is CCCn1c(CCCCN2CCCCC2)nc2ccc(C#N)cc21. The number of hydrogen-bond donors (Lipinski definition) is 0. The largest absolute Gasteiger partial charge is 0.328 e. The zero-order valence-corrected chi connectivity index (χ0v) is 14.8. The average Bonchev–Trinajstić information content (AvgIpc) is 2.97. The minimum atomic E-state index is 0.719. The van der Waals surface area contributed by atoms with Crippen LogP contribution in [0.4, 0.5) is 0 Å². The van der Waals surface area contributed by atoms with Gasteiger partial charge < -0.3 is 9.47 Å². The summed E-state index contributed by atoms with van der Waals surface area (Å²) < 4.78 is 2.32. The van der Waals surface area contributed by atoms with Crippen molar-refractivity contribution in [3.63, 3.8) is 0 Å². The van der Waals surface area contributed by atoms with E-state index in [0.717, 1.165) is 36.0 Å². The second-order valence-corrected chi connectivity index (χ2v) is 6.85. The molecule has 128 valence electrons. The Kier molecular flexibility index (Phi) is 5.87. The molecule has 0 spiro atoms. The Bertz CT molecular complexity index is 704. The van der Waals surface area contributed by atoms with Gasteiger partial charge in [0, 0.05) is 13.0 Å². The summed E-state index contributed by atoms with van der Waals surface area (Å²) in [6.45, 7) is 6.97. The summed E-state index contributed by atoms with van der Waals surface area (Å²) >= 11 is 0. The van der Waals surface area contributed by atoms with Crippen molar-refractivity contribution in [3.05, 3.63) is 29.6 Å². The van der Waals surface area contributed by atoms with Gasteiger partial charge in [-0.1, -0.05) is 13.3 Å². The number of imidazole rings is 1. The maximum Gasteiger partial charge on any atom is 0.109 e. The van der Waals surface area contributed by atoms with Crippen molar-refractivity contribution < 1.29 is 0 Å². The second-order valence-electron chi connectivity index (χ2n) is 6.85. The Labute approximate surface area is 145 Å². The zero-order valence-electron chi connectivity index (χ0n) is 14.8. The van der Waals surface area contributed by atoms with Gasteiger partial charge in [0.25, 0.3) is 0 Å². The Morgan fingerprint density at radius 1 is 1.12 bits per heavy atom. The molecular weight excluding hydrogens is 296 g/mol. The van der Waals surface area contributed by atoms with Gasteiger partial charge in [0.1, 0.15) is 5.82 Å². The van der Waals surface area contributed by atoms with Crippen LogP contribution in [0.3, 0.4) is 0 Å². The second kappa shape index (κ2) is 8.30. The minimum absolute atomic E-state index is 0.719. The van der Waals surface area contributed by atoms with E-state index in [1.165, 1.54) is 57.6 Å². The first kappa shape index (κ1) is 17.0. The molecule has 0 atom stereocenters. The number of hydrogen-bond acceptors (Lipinski definition) is 3. The van der Waals surface area contributed by atoms with E-state index in [1.807, 2.05) is 18.2 Å². The van der Waals surface area contributed by atoms with Crippen LogP contribution in [0.2, 0.25) is 0 Å². The summed E-state index contributed by atoms with van der Waals surface area (Å²) in [5.74, 6) is 1.18. The molecule has 1 aromatic heterocycles. The van der Waals surface area contributed by atoms with E-state index >= 15 is 0 Å². The normalized spacial score (nSPS) is 15.7. The van der Waals surface area contributed by atoms with Crippen molar-refractivity contribution in [1.82, 2.24) is 14.5 Å². The van der Waals surface area contributed by atoms with E-state index in [1.54, 1.807) is 0 Å². The minimum Gasteiger partial charge on any atom is -0.328 e. The van der Waals surface area contributed by atoms with Crippen LogP contribution in [0.1, 0.15) is 56.8 Å². The van der Waals surface area contributed by atoms with Crippen molar-refractivity contribution in [2.45, 2.75) is 58.4 Å². The lowest BCUT2D eigenvalue weighted by molar-refractivity contribution is 0.224. The van der Waals surface area contributed by atoms with Gasteiger partial charge >= 0.3 is 0 Å². The molecule has 0 saturated carbocycles. The first-order valence-corrected chi connectivity index (χ1v) is 9.43. The Morgan fingerprint density at radius 2 is 1.96 bits per heavy atom. The lowest BCUT2D eigenvalue weighted by Gasteiger charge is -2.26. The maximum absolute atomic E-state index is 9.14. The topological polar surface area (TPSA) is 44.9 Å². The van der Waals surface area contributed by atoms with Gasteiger partial charge in [0.2, 0.25) is 0 Å². The van der Waals surface area contributed by atoms with Gasteiger partial charge in [0.15, 0.2) is 0 Å². The summed E-state index contributed by atoms with van der Waals surface area (Å²) in [7, 11) is 0. The van der Waals surface area contributed by atoms with Crippen LogP contribution in [0.25, 0.3) is 11.0 Å². The number of fused-ring (bicyclic) bond motifs is 1. The highest BCUT2D eigenvalue weighted by Gasteiger charge is 2.12. The van der Waals surface area contributed by atoms with E-state index in [-0.39, 0.29) is 0 Å². The molecule has 4 heteroatoms. The molecule has 0 radical (unpaired) electrons. The van der Waals surface area contributed by atoms with Crippen molar-refractivity contribution in [1.29, 1.82) is 5.26 Å². The highest BCUT2D eigenvalue weighted by Crippen LogP contribution is 2.20. The van der Waals surface area contributed by atoms with Crippen LogP contribution in [0.5, 0.6) is 0 Å². The number of benzene rings is 1. The number of nitrogens with zero attached hydrogens (tertiary/aromatic N) is 4. The molecule has 4 nitrogen and oxygen atoms in total. The van der Waals surface area contributed by atoms with Gasteiger partial charge in [0.05, 0.1) is 22.7 Å². The molecule has 1 aromatic carbocycles. The quantitative estimate of drug-likeness (QED) is 0.719. The molecule has 1 aliphatic heterocycles. The molecule has 0 bridgehead atoms. The molecule has 2 aromatic rings. The highest BCUT2D eigenvalue weighted by molar-refractivity contribution is 5.77. The number of rotatable bonds is 7. The summed E-state index contributed by atoms with van der Waals surface area (Å²) in [5, 5.41) is 9.14. The average molecular weight is 324 g/mol. The lowest BCUT2D eigenvalue weighted by atomic mass is 10.1. The van der Waals surface area contributed by atoms with E-state index < -0.39 is 0 Å². The molecule has 0 N–H and O–H groups in total. The van der Waals surface area contributed by atoms with Crippen LogP contribution in [-0.4, -0.2) is 34.1 Å². The number of piperidine rings is 1. The molecule has 2 heterocycles. The predicted molar refractivity (Wildman–Crippen MR) is 98.0 cm³/mol. The number of aryl methyl sites for hydroxylation is 2. The summed E-state index contributed by atoms with van der Waals surface area (Å²) in [6.07, 6.45) is 8.70. The zero-order chi connectivity index (χ0) is 16.8. The van der Waals surface area contributed by atoms with Gasteiger partial charge in [-0.25, -0.2) is 4.98 Å². The van der Waals surface area contributed by atoms with E-state index in [2.05, 4.69) is 22.5 Å². The standard InChI is InChI=1S/C20H28N4/c1-2-11-24-19-15-17(16-21)9-10-18(19)22-20(24)8-4-7-14-23-12-5-3-6-13-23/h9-10,15H,2-8,11-14H2,1H3. The fourth-order valence-corrected chi connectivity index (χ4v) is 3.71. The van der Waals surface area contributed by atoms with Gasteiger partial charge in [-0.05, 0) is 69.9 Å². The van der Waals surface area contributed by atoms with Gasteiger partial charge in [-0.3, -0.25) is 0 Å². The van der Waals surface area contributed by atoms with E-state index in [0.29, 0.717) is 0 Å². The summed E-state index contributed by atoms with van der Waals surface area (Å²) in [4.78, 5) is 7.44. The number of aromatic nitrogens is 2. The van der Waals surface area contributed by atoms with Crippen LogP contribution < -0.4 is 0 Å². The Balaban J connectivity index is 1.64. The molecule has 0 amide bonds. The number of nitriles is 1. The monoisotopic (exact) mass is 324 g/mol. The Morgan fingerprint density at radius 3 is 2.71 bits per heavy atom. The molecular formula is C20H28N4. The molecule has 1 fully saturated rings. The van der Waals surface area contributed by atoms with E-state index in [4.69, 9.17) is 10.2 Å². The summed E-state index contributed by atoms with van der Waals surface area (Å²) in [6, 6.07) is 8.07. The lowest BCUT2D eigenvalue weighted by Crippen LogP contribution is -2.30. The van der Waals surface area contributed by atoms with Crippen molar-refractivity contribution in [2.24, 2.45) is 0 Å². The fraction of sp³-hybridized carbons (Fsp3) is 0.600. The molecule has 1 aliphatic rings. The predicted octanol–water partition coefficient (Wildman–Crippen LogP) is 4.13. The smallest absolute Gasteiger partial charge is 0.109 e. The highest BCUT2D eigenvalue weighted by atomic mass is 15.1. The number of likely N-dealkylation sites (tertiary alicyclic amines) is 1. The molecule has 1 saturated heterocycles. The third-order valence-corrected chi connectivity index (χ3v) is 4.98. The fourth-order valence-electron chi connectivity index (χ4n) is 3.71. The van der Waals surface area contributed by atoms with Crippen LogP contribution in [-0.2, 0) is 13.0 Å². The van der Waals surface area contributed by atoms with Crippen LogP contribution >= 0.6 is 0 Å². The van der Waals surface area contributed by atoms with E-state index in [9.17, 15) is 0 Å².